The maximum absolute atomic E-state index is 11.8. The van der Waals surface area contributed by atoms with Gasteiger partial charge < -0.3 is 4.57 Å². The van der Waals surface area contributed by atoms with Crippen LogP contribution >= 0.6 is 23.1 Å². The number of carbonyl (C=O) groups excluding carboxylic acids is 2. The Bertz CT molecular complexity index is 822. The number of hydrogen-bond acceptors (Lipinski definition) is 6. The van der Waals surface area contributed by atoms with Gasteiger partial charge in [-0.15, -0.1) is 0 Å². The van der Waals surface area contributed by atoms with Gasteiger partial charge in [0.15, 0.2) is 9.92 Å². The topological polar surface area (TPSA) is 94.6 Å². The molecule has 0 atom stereocenters. The first-order chi connectivity index (χ1) is 10.4. The minimum absolute atomic E-state index is 0.00187. The van der Waals surface area contributed by atoms with E-state index in [1.54, 1.807) is 6.07 Å². The Labute approximate surface area is 133 Å². The van der Waals surface area contributed by atoms with E-state index in [-0.39, 0.29) is 16.6 Å². The maximum atomic E-state index is 11.8. The van der Waals surface area contributed by atoms with Crippen molar-refractivity contribution in [2.24, 2.45) is 4.99 Å². The van der Waals surface area contributed by atoms with Crippen LogP contribution in [0.1, 0.15) is 13.8 Å². The Kier molecular flexibility index (Phi) is 5.09. The van der Waals surface area contributed by atoms with Crippen molar-refractivity contribution < 1.29 is 14.5 Å². The molecule has 22 heavy (non-hydrogen) atoms. The van der Waals surface area contributed by atoms with E-state index in [0.29, 0.717) is 16.0 Å². The lowest BCUT2D eigenvalue weighted by Crippen LogP contribution is -2.16. The highest BCUT2D eigenvalue weighted by Gasteiger charge is 2.12. The van der Waals surface area contributed by atoms with Crippen LogP contribution in [0.15, 0.2) is 23.2 Å². The smallest absolute Gasteiger partial charge is 0.270 e. The summed E-state index contributed by atoms with van der Waals surface area (Å²) in [6.45, 7) is 3.88. The van der Waals surface area contributed by atoms with Gasteiger partial charge in [0, 0.05) is 25.6 Å². The first kappa shape index (κ1) is 16.4. The van der Waals surface area contributed by atoms with Crippen molar-refractivity contribution >= 4 is 50.0 Å². The molecule has 2 rings (SSSR count). The second-order valence-electron chi connectivity index (χ2n) is 4.32. The fourth-order valence-electron chi connectivity index (χ4n) is 1.87. The molecule has 0 fully saturated rings. The molecule has 1 amide bonds. The fraction of sp³-hybridized carbons (Fsp3) is 0.308. The summed E-state index contributed by atoms with van der Waals surface area (Å²) in [4.78, 5) is 37.5. The lowest BCUT2D eigenvalue weighted by Gasteiger charge is -1.99. The number of hydrogen-bond donors (Lipinski definition) is 0. The maximum Gasteiger partial charge on any atom is 0.270 e. The van der Waals surface area contributed by atoms with E-state index in [1.807, 2.05) is 11.5 Å². The van der Waals surface area contributed by atoms with Crippen molar-refractivity contribution in [2.45, 2.75) is 20.4 Å². The quantitative estimate of drug-likeness (QED) is 0.629. The number of amides is 1. The van der Waals surface area contributed by atoms with Gasteiger partial charge in [0.05, 0.1) is 20.9 Å². The molecule has 0 saturated carbocycles. The number of thioether (sulfide) groups is 1. The molecule has 0 aliphatic carbocycles. The number of benzene rings is 1. The van der Waals surface area contributed by atoms with Crippen LogP contribution < -0.4 is 4.80 Å². The Morgan fingerprint density at radius 2 is 2.18 bits per heavy atom. The van der Waals surface area contributed by atoms with E-state index in [4.69, 9.17) is 0 Å². The highest BCUT2D eigenvalue weighted by Crippen LogP contribution is 2.23. The van der Waals surface area contributed by atoms with Crippen LogP contribution in [0.4, 0.5) is 5.69 Å². The van der Waals surface area contributed by atoms with Crippen molar-refractivity contribution in [1.82, 2.24) is 4.57 Å². The molecule has 0 spiro atoms. The first-order valence-corrected chi connectivity index (χ1v) is 8.21. The van der Waals surface area contributed by atoms with Crippen molar-refractivity contribution in [3.63, 3.8) is 0 Å². The van der Waals surface area contributed by atoms with Gasteiger partial charge in [0.25, 0.3) is 11.6 Å². The Balaban J connectivity index is 2.47. The van der Waals surface area contributed by atoms with Crippen LogP contribution in [-0.2, 0) is 16.1 Å². The van der Waals surface area contributed by atoms with E-state index in [0.717, 1.165) is 17.3 Å². The second-order valence-corrected chi connectivity index (χ2v) is 6.49. The zero-order valence-corrected chi connectivity index (χ0v) is 13.6. The number of fused-ring (bicyclic) bond motifs is 1. The molecule has 1 aromatic carbocycles. The van der Waals surface area contributed by atoms with Gasteiger partial charge in [-0.2, -0.15) is 4.99 Å². The zero-order chi connectivity index (χ0) is 16.3. The van der Waals surface area contributed by atoms with Crippen LogP contribution in [-0.4, -0.2) is 26.3 Å². The zero-order valence-electron chi connectivity index (χ0n) is 11.9. The number of non-ortho nitro benzene ring substituents is 1. The molecule has 0 unspecified atom stereocenters. The summed E-state index contributed by atoms with van der Waals surface area (Å²) in [6, 6.07) is 4.56. The van der Waals surface area contributed by atoms with Gasteiger partial charge in [0.2, 0.25) is 0 Å². The van der Waals surface area contributed by atoms with Gasteiger partial charge >= 0.3 is 0 Å². The highest BCUT2D eigenvalue weighted by molar-refractivity contribution is 8.14. The molecule has 0 bridgehead atoms. The molecule has 7 nitrogen and oxygen atoms in total. The fourth-order valence-corrected chi connectivity index (χ4v) is 3.40. The number of nitrogens with zero attached hydrogens (tertiary/aromatic N) is 3. The molecular formula is C13H13N3O4S2. The van der Waals surface area contributed by atoms with Gasteiger partial charge in [-0.05, 0) is 13.0 Å². The largest absolute Gasteiger partial charge is 0.317 e. The molecule has 116 valence electrons. The molecule has 1 aromatic heterocycles. The summed E-state index contributed by atoms with van der Waals surface area (Å²) in [6.07, 6.45) is 0. The third-order valence-corrected chi connectivity index (χ3v) is 4.65. The third-order valence-electron chi connectivity index (χ3n) is 2.81. The van der Waals surface area contributed by atoms with Crippen LogP contribution in [0, 0.1) is 10.1 Å². The summed E-state index contributed by atoms with van der Waals surface area (Å²) >= 11 is 2.13. The normalized spacial score (nSPS) is 11.8. The molecule has 0 radical (unpaired) electrons. The predicted octanol–water partition coefficient (Wildman–Crippen LogP) is 2.34. The number of aryl methyl sites for hydroxylation is 1. The van der Waals surface area contributed by atoms with Crippen molar-refractivity contribution in [3.05, 3.63) is 33.1 Å². The van der Waals surface area contributed by atoms with Crippen molar-refractivity contribution in [3.8, 4) is 0 Å². The van der Waals surface area contributed by atoms with E-state index < -0.39 is 10.8 Å². The average Bonchev–Trinajstić information content (AvgIpc) is 2.80. The number of nitro groups is 1. The molecule has 0 saturated heterocycles. The van der Waals surface area contributed by atoms with E-state index in [1.165, 1.54) is 30.4 Å². The number of thiazole rings is 1. The summed E-state index contributed by atoms with van der Waals surface area (Å²) in [5.41, 5.74) is 0.797. The summed E-state index contributed by atoms with van der Waals surface area (Å²) in [5.74, 6) is -0.406. The monoisotopic (exact) mass is 339 g/mol. The van der Waals surface area contributed by atoms with Gasteiger partial charge in [-0.1, -0.05) is 23.1 Å². The van der Waals surface area contributed by atoms with Crippen molar-refractivity contribution in [1.29, 1.82) is 0 Å². The Morgan fingerprint density at radius 1 is 1.45 bits per heavy atom. The van der Waals surface area contributed by atoms with Crippen LogP contribution in [0.2, 0.25) is 0 Å². The number of rotatable bonds is 4. The number of carbonyl (C=O) groups is 2. The molecule has 2 aromatic rings. The molecule has 9 heteroatoms. The average molecular weight is 339 g/mol. The first-order valence-electron chi connectivity index (χ1n) is 6.41. The number of aromatic nitrogens is 1. The van der Waals surface area contributed by atoms with Crippen LogP contribution in [0.25, 0.3) is 10.2 Å². The minimum Gasteiger partial charge on any atom is -0.317 e. The highest BCUT2D eigenvalue weighted by atomic mass is 32.2. The molecule has 0 aliphatic rings. The molecule has 1 heterocycles. The predicted molar refractivity (Wildman–Crippen MR) is 85.9 cm³/mol. The Morgan fingerprint density at radius 3 is 2.77 bits per heavy atom. The van der Waals surface area contributed by atoms with E-state index in [9.17, 15) is 19.7 Å². The minimum atomic E-state index is -0.457. The van der Waals surface area contributed by atoms with Gasteiger partial charge in [-0.3, -0.25) is 19.7 Å². The standard InChI is InChI=1S/C13H13N3O4S2/c1-3-15-10-5-4-9(16(19)20)6-11(10)22-13(15)14-12(18)7-21-8(2)17/h4-6H,3,7H2,1-2H3. The van der Waals surface area contributed by atoms with Gasteiger partial charge in [-0.25, -0.2) is 0 Å². The van der Waals surface area contributed by atoms with Crippen LogP contribution in [0.3, 0.4) is 0 Å². The van der Waals surface area contributed by atoms with E-state index >= 15 is 0 Å². The van der Waals surface area contributed by atoms with E-state index in [2.05, 4.69) is 4.99 Å². The third kappa shape index (κ3) is 3.60. The lowest BCUT2D eigenvalue weighted by atomic mass is 10.3. The summed E-state index contributed by atoms with van der Waals surface area (Å²) < 4.78 is 2.52. The second kappa shape index (κ2) is 6.84. The summed E-state index contributed by atoms with van der Waals surface area (Å²) in [5, 5.41) is 10.7. The van der Waals surface area contributed by atoms with Crippen molar-refractivity contribution in [2.75, 3.05) is 5.75 Å². The molecule has 0 N–H and O–H groups in total. The molecule has 0 aliphatic heterocycles. The van der Waals surface area contributed by atoms with Gasteiger partial charge in [0.1, 0.15) is 0 Å². The van der Waals surface area contributed by atoms with Crippen LogP contribution in [0.5, 0.6) is 0 Å². The lowest BCUT2D eigenvalue weighted by molar-refractivity contribution is -0.384. The number of nitro benzene ring substituents is 1. The Hall–Kier alpha value is -2.00. The summed E-state index contributed by atoms with van der Waals surface area (Å²) in [7, 11) is 0. The SMILES string of the molecule is CCn1c(=NC(=O)CSC(C)=O)sc2cc([N+](=O)[O-])ccc21. The molecular weight excluding hydrogens is 326 g/mol.